The van der Waals surface area contributed by atoms with Crippen molar-refractivity contribution in [2.24, 2.45) is 0 Å². The largest absolute Gasteiger partial charge is 0.391 e. The average Bonchev–Trinajstić information content (AvgIpc) is 3.26. The number of aliphatic hydroxyl groups excluding tert-OH is 1. The van der Waals surface area contributed by atoms with Crippen LogP contribution in [0.4, 0.5) is 0 Å². The van der Waals surface area contributed by atoms with E-state index in [2.05, 4.69) is 59.8 Å². The van der Waals surface area contributed by atoms with Crippen molar-refractivity contribution < 1.29 is 5.11 Å². The van der Waals surface area contributed by atoms with Crippen molar-refractivity contribution in [2.75, 3.05) is 12.3 Å². The van der Waals surface area contributed by atoms with Crippen molar-refractivity contribution >= 4 is 23.1 Å². The van der Waals surface area contributed by atoms with Crippen LogP contribution >= 0.6 is 23.1 Å². The van der Waals surface area contributed by atoms with Gasteiger partial charge in [0, 0.05) is 30.2 Å². The Kier molecular flexibility index (Phi) is 7.56. The van der Waals surface area contributed by atoms with E-state index in [4.69, 9.17) is 5.11 Å². The SMILES string of the molecule is C=C1CCC(/C=C/CCc2cccc(C)c2)N1CCSc1ncc(CO)s1. The number of thioether (sulfide) groups is 1. The highest BCUT2D eigenvalue weighted by Gasteiger charge is 2.24. The second-order valence-corrected chi connectivity index (χ2v) is 9.38. The number of nitrogens with zero attached hydrogens (tertiary/aromatic N) is 2. The van der Waals surface area contributed by atoms with Crippen molar-refractivity contribution in [3.63, 3.8) is 0 Å². The molecule has 1 aromatic heterocycles. The molecule has 0 saturated carbocycles. The smallest absolute Gasteiger partial charge is 0.150 e. The molecule has 144 valence electrons. The predicted octanol–water partition coefficient (Wildman–Crippen LogP) is 5.20. The molecule has 1 aromatic carbocycles. The number of rotatable bonds is 9. The Morgan fingerprint density at radius 1 is 1.44 bits per heavy atom. The van der Waals surface area contributed by atoms with E-state index in [0.29, 0.717) is 6.04 Å². The first-order valence-corrected chi connectivity index (χ1v) is 11.3. The summed E-state index contributed by atoms with van der Waals surface area (Å²) in [7, 11) is 0. The molecule has 2 aromatic rings. The molecule has 1 unspecified atom stereocenters. The summed E-state index contributed by atoms with van der Waals surface area (Å²) < 4.78 is 1.04. The maximum Gasteiger partial charge on any atom is 0.150 e. The summed E-state index contributed by atoms with van der Waals surface area (Å²) in [6, 6.07) is 9.24. The molecular formula is C22H28N2OS2. The number of thiazole rings is 1. The highest BCUT2D eigenvalue weighted by atomic mass is 32.2. The van der Waals surface area contributed by atoms with Gasteiger partial charge in [-0.25, -0.2) is 4.98 Å². The second-order valence-electron chi connectivity index (χ2n) is 6.92. The summed E-state index contributed by atoms with van der Waals surface area (Å²) in [6.45, 7) is 7.47. The minimum atomic E-state index is 0.0799. The zero-order valence-corrected chi connectivity index (χ0v) is 17.6. The molecule has 0 amide bonds. The fourth-order valence-electron chi connectivity index (χ4n) is 3.40. The van der Waals surface area contributed by atoms with E-state index >= 15 is 0 Å². The van der Waals surface area contributed by atoms with E-state index in [0.717, 1.165) is 47.2 Å². The van der Waals surface area contributed by atoms with E-state index in [-0.39, 0.29) is 6.61 Å². The van der Waals surface area contributed by atoms with Gasteiger partial charge in [-0.05, 0) is 38.2 Å². The van der Waals surface area contributed by atoms with Crippen molar-refractivity contribution in [2.45, 2.75) is 49.6 Å². The molecule has 5 heteroatoms. The van der Waals surface area contributed by atoms with Gasteiger partial charge in [0.25, 0.3) is 0 Å². The third-order valence-corrected chi connectivity index (χ3v) is 6.94. The van der Waals surface area contributed by atoms with E-state index in [9.17, 15) is 0 Å². The lowest BCUT2D eigenvalue weighted by Gasteiger charge is -2.25. The molecule has 0 radical (unpaired) electrons. The number of hydrogen-bond donors (Lipinski definition) is 1. The normalized spacial score (nSPS) is 17.3. The number of benzene rings is 1. The van der Waals surface area contributed by atoms with Gasteiger partial charge < -0.3 is 10.0 Å². The molecule has 1 fully saturated rings. The lowest BCUT2D eigenvalue weighted by Crippen LogP contribution is -2.28. The van der Waals surface area contributed by atoms with Gasteiger partial charge in [-0.3, -0.25) is 0 Å². The summed E-state index contributed by atoms with van der Waals surface area (Å²) in [5.41, 5.74) is 3.99. The molecule has 3 rings (SSSR count). The van der Waals surface area contributed by atoms with Crippen LogP contribution in [0, 0.1) is 6.92 Å². The van der Waals surface area contributed by atoms with Gasteiger partial charge in [0.2, 0.25) is 0 Å². The average molecular weight is 401 g/mol. The lowest BCUT2D eigenvalue weighted by atomic mass is 10.1. The Bertz CT molecular complexity index is 784. The van der Waals surface area contributed by atoms with Gasteiger partial charge in [-0.1, -0.05) is 60.3 Å². The standard InChI is InChI=1S/C22H28N2OS2/c1-17-6-5-8-19(14-17)7-3-4-9-20-11-10-18(2)24(20)12-13-26-22-23-15-21(16-25)27-22/h4-6,8-9,14-15,20,25H,2-3,7,10-13,16H2,1H3/b9-4+. The number of likely N-dealkylation sites (tertiary alicyclic amines) is 1. The molecular weight excluding hydrogens is 372 g/mol. The molecule has 3 nitrogen and oxygen atoms in total. The molecule has 2 heterocycles. The Hall–Kier alpha value is -1.56. The van der Waals surface area contributed by atoms with Crippen LogP contribution in [0.5, 0.6) is 0 Å². The Balaban J connectivity index is 1.45. The van der Waals surface area contributed by atoms with Crippen molar-refractivity contribution in [1.82, 2.24) is 9.88 Å². The van der Waals surface area contributed by atoms with Crippen LogP contribution in [-0.2, 0) is 13.0 Å². The summed E-state index contributed by atoms with van der Waals surface area (Å²) >= 11 is 3.34. The van der Waals surface area contributed by atoms with Crippen molar-refractivity contribution in [3.8, 4) is 0 Å². The lowest BCUT2D eigenvalue weighted by molar-refractivity contribution is 0.285. The molecule has 0 spiro atoms. The summed E-state index contributed by atoms with van der Waals surface area (Å²) in [5.74, 6) is 0.991. The molecule has 1 aliphatic heterocycles. The zero-order chi connectivity index (χ0) is 19.1. The quantitative estimate of drug-likeness (QED) is 0.463. The summed E-state index contributed by atoms with van der Waals surface area (Å²) in [5, 5.41) is 9.14. The molecule has 1 N–H and O–H groups in total. The number of aliphatic hydroxyl groups is 1. The monoisotopic (exact) mass is 400 g/mol. The summed E-state index contributed by atoms with van der Waals surface area (Å²) in [6.07, 6.45) is 10.9. The minimum absolute atomic E-state index is 0.0799. The van der Waals surface area contributed by atoms with Gasteiger partial charge in [-0.15, -0.1) is 11.3 Å². The zero-order valence-electron chi connectivity index (χ0n) is 15.9. The number of hydrogen-bond acceptors (Lipinski definition) is 5. The molecule has 27 heavy (non-hydrogen) atoms. The Morgan fingerprint density at radius 2 is 2.33 bits per heavy atom. The third kappa shape index (κ3) is 5.96. The predicted molar refractivity (Wildman–Crippen MR) is 116 cm³/mol. The Morgan fingerprint density at radius 3 is 3.11 bits per heavy atom. The molecule has 1 atom stereocenters. The van der Waals surface area contributed by atoms with Crippen LogP contribution in [0.2, 0.25) is 0 Å². The van der Waals surface area contributed by atoms with Crippen LogP contribution in [0.1, 0.15) is 35.3 Å². The van der Waals surface area contributed by atoms with Crippen LogP contribution in [-0.4, -0.2) is 33.3 Å². The third-order valence-electron chi connectivity index (χ3n) is 4.82. The van der Waals surface area contributed by atoms with Gasteiger partial charge in [-0.2, -0.15) is 0 Å². The van der Waals surface area contributed by atoms with Gasteiger partial charge in [0.05, 0.1) is 11.5 Å². The van der Waals surface area contributed by atoms with Crippen LogP contribution < -0.4 is 0 Å². The highest BCUT2D eigenvalue weighted by molar-refractivity contribution is 8.01. The topological polar surface area (TPSA) is 36.4 Å². The Labute approximate surface area is 170 Å². The number of aryl methyl sites for hydroxylation is 2. The molecule has 0 aliphatic carbocycles. The van der Waals surface area contributed by atoms with E-state index < -0.39 is 0 Å². The number of aromatic nitrogens is 1. The van der Waals surface area contributed by atoms with Crippen LogP contribution in [0.3, 0.4) is 0 Å². The second kappa shape index (κ2) is 10.1. The highest BCUT2D eigenvalue weighted by Crippen LogP contribution is 2.29. The van der Waals surface area contributed by atoms with Crippen LogP contribution in [0.15, 0.2) is 59.2 Å². The molecule has 0 bridgehead atoms. The maximum absolute atomic E-state index is 9.14. The van der Waals surface area contributed by atoms with Crippen molar-refractivity contribution in [3.05, 3.63) is 70.9 Å². The first-order valence-electron chi connectivity index (χ1n) is 9.50. The van der Waals surface area contributed by atoms with E-state index in [1.165, 1.54) is 16.8 Å². The van der Waals surface area contributed by atoms with E-state index in [1.54, 1.807) is 29.3 Å². The minimum Gasteiger partial charge on any atom is -0.391 e. The van der Waals surface area contributed by atoms with E-state index in [1.807, 2.05) is 0 Å². The van der Waals surface area contributed by atoms with Gasteiger partial charge in [0.1, 0.15) is 4.34 Å². The fourth-order valence-corrected chi connectivity index (χ4v) is 5.30. The first-order chi connectivity index (χ1) is 13.2. The number of allylic oxidation sites excluding steroid dienone is 2. The van der Waals surface area contributed by atoms with Gasteiger partial charge >= 0.3 is 0 Å². The maximum atomic E-state index is 9.14. The summed E-state index contributed by atoms with van der Waals surface area (Å²) in [4.78, 5) is 7.72. The first kappa shape index (κ1) is 20.2. The van der Waals surface area contributed by atoms with Crippen molar-refractivity contribution in [1.29, 1.82) is 0 Å². The molecule has 1 aliphatic rings. The molecule has 1 saturated heterocycles. The fraction of sp³-hybridized carbons (Fsp3) is 0.409. The van der Waals surface area contributed by atoms with Gasteiger partial charge in [0.15, 0.2) is 0 Å². The van der Waals surface area contributed by atoms with Crippen LogP contribution in [0.25, 0.3) is 0 Å².